The van der Waals surface area contributed by atoms with Crippen molar-refractivity contribution in [2.75, 3.05) is 31.2 Å². The summed E-state index contributed by atoms with van der Waals surface area (Å²) in [5.41, 5.74) is 0.574. The number of esters is 1. The van der Waals surface area contributed by atoms with Crippen LogP contribution in [0.1, 0.15) is 45.4 Å². The SMILES string of the molecule is C=CCCOC(=O)[C@@H]1[C@H]2C(=O)N(CCCCCCO)C(C(=O)N(CC=C)c3ccccc3Cl)C23S[C@@H]1CC3C. The molecule has 2 amide bonds. The van der Waals surface area contributed by atoms with Crippen molar-refractivity contribution in [1.29, 1.82) is 0 Å². The minimum atomic E-state index is -0.736. The fourth-order valence-corrected chi connectivity index (χ4v) is 9.29. The minimum absolute atomic E-state index is 0.0591. The van der Waals surface area contributed by atoms with Crippen molar-refractivity contribution in [2.24, 2.45) is 17.8 Å². The predicted molar refractivity (Wildman–Crippen MR) is 156 cm³/mol. The molecule has 3 fully saturated rings. The first-order valence-electron chi connectivity index (χ1n) is 13.9. The first kappa shape index (κ1) is 29.7. The van der Waals surface area contributed by atoms with Crippen LogP contribution >= 0.6 is 23.4 Å². The molecule has 7 nitrogen and oxygen atoms in total. The highest BCUT2D eigenvalue weighted by Crippen LogP contribution is 2.68. The zero-order chi connectivity index (χ0) is 28.2. The normalized spacial score (nSPS) is 28.8. The Morgan fingerprint density at radius 2 is 1.97 bits per heavy atom. The van der Waals surface area contributed by atoms with E-state index in [1.807, 2.05) is 12.1 Å². The molecule has 9 heteroatoms. The first-order chi connectivity index (χ1) is 18.8. The van der Waals surface area contributed by atoms with Gasteiger partial charge >= 0.3 is 5.97 Å². The molecule has 1 N–H and O–H groups in total. The summed E-state index contributed by atoms with van der Waals surface area (Å²) in [5.74, 6) is -1.83. The van der Waals surface area contributed by atoms with Gasteiger partial charge in [-0.15, -0.1) is 24.9 Å². The molecular formula is C30H39ClN2O5S. The van der Waals surface area contributed by atoms with Crippen LogP contribution < -0.4 is 4.90 Å². The minimum Gasteiger partial charge on any atom is -0.465 e. The van der Waals surface area contributed by atoms with Crippen LogP contribution in [0.2, 0.25) is 5.02 Å². The average molecular weight is 575 g/mol. The van der Waals surface area contributed by atoms with Gasteiger partial charge in [-0.25, -0.2) is 0 Å². The van der Waals surface area contributed by atoms with E-state index in [-0.39, 0.29) is 48.7 Å². The lowest BCUT2D eigenvalue weighted by Gasteiger charge is -2.40. The van der Waals surface area contributed by atoms with E-state index in [0.717, 1.165) is 19.3 Å². The van der Waals surface area contributed by atoms with Crippen molar-refractivity contribution in [1.82, 2.24) is 4.90 Å². The maximum atomic E-state index is 14.6. The van der Waals surface area contributed by atoms with Gasteiger partial charge in [0.05, 0.1) is 33.9 Å². The van der Waals surface area contributed by atoms with Crippen LogP contribution in [-0.2, 0) is 19.1 Å². The second-order valence-corrected chi connectivity index (χ2v) is 12.6. The summed E-state index contributed by atoms with van der Waals surface area (Å²) in [6, 6.07) is 6.46. The Balaban J connectivity index is 1.72. The third-order valence-corrected chi connectivity index (χ3v) is 10.7. The molecule has 0 saturated carbocycles. The third kappa shape index (κ3) is 5.40. The predicted octanol–water partition coefficient (Wildman–Crippen LogP) is 4.87. The summed E-state index contributed by atoms with van der Waals surface area (Å²) >= 11 is 8.18. The van der Waals surface area contributed by atoms with E-state index in [2.05, 4.69) is 20.1 Å². The Hall–Kier alpha value is -2.29. The van der Waals surface area contributed by atoms with Crippen LogP contribution in [0.3, 0.4) is 0 Å². The van der Waals surface area contributed by atoms with E-state index < -0.39 is 22.6 Å². The Kier molecular flexibility index (Phi) is 9.83. The Morgan fingerprint density at radius 3 is 2.67 bits per heavy atom. The van der Waals surface area contributed by atoms with Crippen LogP contribution in [0.15, 0.2) is 49.6 Å². The molecule has 4 rings (SSSR count). The van der Waals surface area contributed by atoms with Crippen molar-refractivity contribution < 1.29 is 24.2 Å². The number of unbranched alkanes of at least 4 members (excludes halogenated alkanes) is 3. The second kappa shape index (κ2) is 12.9. The van der Waals surface area contributed by atoms with Crippen molar-refractivity contribution in [2.45, 2.75) is 61.5 Å². The number of carbonyl (C=O) groups excluding carboxylic acids is 3. The van der Waals surface area contributed by atoms with Crippen molar-refractivity contribution in [3.8, 4) is 0 Å². The molecule has 2 bridgehead atoms. The number of aliphatic hydroxyl groups excluding tert-OH is 1. The van der Waals surface area contributed by atoms with Crippen molar-refractivity contribution in [3.63, 3.8) is 0 Å². The number of para-hydroxylation sites is 1. The average Bonchev–Trinajstić information content (AvgIpc) is 3.51. The van der Waals surface area contributed by atoms with E-state index in [9.17, 15) is 14.4 Å². The summed E-state index contributed by atoms with van der Waals surface area (Å²) in [7, 11) is 0. The summed E-state index contributed by atoms with van der Waals surface area (Å²) < 4.78 is 4.86. The molecule has 0 aliphatic carbocycles. The van der Waals surface area contributed by atoms with Crippen LogP contribution in [0.5, 0.6) is 0 Å². The van der Waals surface area contributed by atoms with Gasteiger partial charge in [0.25, 0.3) is 5.91 Å². The molecule has 6 atom stereocenters. The molecule has 3 heterocycles. The van der Waals surface area contributed by atoms with Gasteiger partial charge in [-0.2, -0.15) is 0 Å². The van der Waals surface area contributed by atoms with Crippen LogP contribution in [-0.4, -0.2) is 70.1 Å². The number of hydrogen-bond donors (Lipinski definition) is 1. The molecule has 1 aromatic rings. The Morgan fingerprint density at radius 1 is 1.23 bits per heavy atom. The number of rotatable bonds is 14. The lowest BCUT2D eigenvalue weighted by molar-refractivity contribution is -0.154. The quantitative estimate of drug-likeness (QED) is 0.194. The smallest absolute Gasteiger partial charge is 0.310 e. The number of benzene rings is 1. The highest BCUT2D eigenvalue weighted by Gasteiger charge is 2.76. The standard InChI is InChI=1S/C30H39ClN2O5S/c1-4-6-18-38-29(37)24-23-19-20(3)30(39-23)25(24)27(35)33(16-11-7-8-12-17-34)26(30)28(36)32(15-5-2)22-14-10-9-13-21(22)31/h4-5,9-10,13-14,20,23-26,34H,1-2,6-8,11-12,15-19H2,3H3/t20?,23-,24+,25+,26?,30?/m1/s1. The third-order valence-electron chi connectivity index (χ3n) is 8.35. The molecule has 212 valence electrons. The molecule has 3 saturated heterocycles. The lowest BCUT2D eigenvalue weighted by atomic mass is 9.66. The highest BCUT2D eigenvalue weighted by molar-refractivity contribution is 8.02. The van der Waals surface area contributed by atoms with E-state index in [0.29, 0.717) is 36.5 Å². The van der Waals surface area contributed by atoms with Gasteiger partial charge in [-0.3, -0.25) is 14.4 Å². The Labute approximate surface area is 240 Å². The number of thioether (sulfide) groups is 1. The van der Waals surface area contributed by atoms with Crippen LogP contribution in [0.4, 0.5) is 5.69 Å². The molecule has 3 aliphatic rings. The number of anilines is 1. The number of likely N-dealkylation sites (tertiary alicyclic amines) is 1. The topological polar surface area (TPSA) is 87.1 Å². The fourth-order valence-electron chi connectivity index (χ4n) is 6.65. The summed E-state index contributed by atoms with van der Waals surface area (Å²) in [4.78, 5) is 45.5. The summed E-state index contributed by atoms with van der Waals surface area (Å²) in [5, 5.41) is 9.53. The van der Waals surface area contributed by atoms with Gasteiger partial charge in [0, 0.05) is 24.9 Å². The molecular weight excluding hydrogens is 536 g/mol. The molecule has 3 aliphatic heterocycles. The lowest BCUT2D eigenvalue weighted by Crippen LogP contribution is -2.57. The van der Waals surface area contributed by atoms with Gasteiger partial charge in [-0.05, 0) is 43.7 Å². The highest BCUT2D eigenvalue weighted by atomic mass is 35.5. The molecule has 0 aromatic heterocycles. The molecule has 3 unspecified atom stereocenters. The molecule has 1 aromatic carbocycles. The first-order valence-corrected chi connectivity index (χ1v) is 15.1. The van der Waals surface area contributed by atoms with E-state index in [1.54, 1.807) is 45.8 Å². The number of nitrogens with zero attached hydrogens (tertiary/aromatic N) is 2. The summed E-state index contributed by atoms with van der Waals surface area (Å²) in [6.07, 6.45) is 7.75. The van der Waals surface area contributed by atoms with Gasteiger partial charge in [0.2, 0.25) is 5.91 Å². The van der Waals surface area contributed by atoms with E-state index in [4.69, 9.17) is 21.4 Å². The van der Waals surface area contributed by atoms with Crippen LogP contribution in [0.25, 0.3) is 0 Å². The zero-order valence-corrected chi connectivity index (χ0v) is 24.2. The van der Waals surface area contributed by atoms with Gasteiger partial charge < -0.3 is 19.6 Å². The monoisotopic (exact) mass is 574 g/mol. The molecule has 39 heavy (non-hydrogen) atoms. The zero-order valence-electron chi connectivity index (χ0n) is 22.6. The van der Waals surface area contributed by atoms with Crippen LogP contribution in [0, 0.1) is 17.8 Å². The van der Waals surface area contributed by atoms with E-state index in [1.165, 1.54) is 0 Å². The number of fused-ring (bicyclic) bond motifs is 1. The number of carbonyl (C=O) groups is 3. The Bertz CT molecular complexity index is 1100. The number of halogens is 1. The maximum absolute atomic E-state index is 14.6. The van der Waals surface area contributed by atoms with Crippen molar-refractivity contribution >= 4 is 46.8 Å². The number of ether oxygens (including phenoxy) is 1. The summed E-state index contributed by atoms with van der Waals surface area (Å²) in [6.45, 7) is 10.7. The maximum Gasteiger partial charge on any atom is 0.310 e. The molecule has 0 radical (unpaired) electrons. The largest absolute Gasteiger partial charge is 0.465 e. The van der Waals surface area contributed by atoms with E-state index >= 15 is 0 Å². The number of hydrogen-bond acceptors (Lipinski definition) is 6. The van der Waals surface area contributed by atoms with Gasteiger partial charge in [-0.1, -0.05) is 55.7 Å². The van der Waals surface area contributed by atoms with Gasteiger partial charge in [0.15, 0.2) is 0 Å². The molecule has 1 spiro atoms. The fraction of sp³-hybridized carbons (Fsp3) is 0.567. The number of aliphatic hydroxyl groups is 1. The number of amides is 2. The van der Waals surface area contributed by atoms with Crippen molar-refractivity contribution in [3.05, 3.63) is 54.6 Å². The van der Waals surface area contributed by atoms with Gasteiger partial charge in [0.1, 0.15) is 6.04 Å². The second-order valence-electron chi connectivity index (χ2n) is 10.7.